The van der Waals surface area contributed by atoms with E-state index in [1.165, 1.54) is 12.1 Å². The molecule has 4 nitrogen and oxygen atoms in total. The van der Waals surface area contributed by atoms with E-state index in [4.69, 9.17) is 10.7 Å². The molecule has 16 heavy (non-hydrogen) atoms. The Morgan fingerprint density at radius 2 is 1.62 bits per heavy atom. The van der Waals surface area contributed by atoms with Crippen molar-refractivity contribution in [2.45, 2.75) is 4.90 Å². The number of fused-ring (bicyclic) bond motifs is 1. The molecule has 0 saturated heterocycles. The van der Waals surface area contributed by atoms with Gasteiger partial charge in [-0.25, -0.2) is 18.4 Å². The third kappa shape index (κ3) is 2.37. The third-order valence-electron chi connectivity index (χ3n) is 1.84. The summed E-state index contributed by atoms with van der Waals surface area (Å²) in [6.07, 6.45) is 0. The van der Waals surface area contributed by atoms with Crippen molar-refractivity contribution in [3.63, 3.8) is 0 Å². The van der Waals surface area contributed by atoms with Crippen LogP contribution in [0, 0.1) is 0 Å². The van der Waals surface area contributed by atoms with Crippen molar-refractivity contribution in [3.05, 3.63) is 27.4 Å². The average Bonchev–Trinajstić information content (AvgIpc) is 2.17. The zero-order valence-electron chi connectivity index (χ0n) is 7.49. The lowest BCUT2D eigenvalue weighted by Gasteiger charge is -2.01. The first kappa shape index (κ1) is 12.2. The molecule has 0 unspecified atom stereocenters. The zero-order chi connectivity index (χ0) is 11.9. The van der Waals surface area contributed by atoms with Crippen molar-refractivity contribution >= 4 is 62.6 Å². The lowest BCUT2D eigenvalue weighted by atomic mass is 10.3. The molecule has 0 radical (unpaired) electrons. The Morgan fingerprint density at radius 3 is 2.19 bits per heavy atom. The second-order valence-corrected chi connectivity index (χ2v) is 6.96. The molecule has 0 spiro atoms. The molecule has 0 fully saturated rings. The molecular weight excluding hydrogens is 383 g/mol. The van der Waals surface area contributed by atoms with E-state index in [0.717, 1.165) is 0 Å². The predicted octanol–water partition coefficient (Wildman–Crippen LogP) is 3.08. The number of halogens is 3. The number of hydrogen-bond donors (Lipinski definition) is 0. The number of rotatable bonds is 1. The number of aromatic nitrogens is 2. The smallest absolute Gasteiger partial charge is 0.236 e. The first-order valence-electron chi connectivity index (χ1n) is 3.95. The Bertz CT molecular complexity index is 675. The summed E-state index contributed by atoms with van der Waals surface area (Å²) >= 11 is 6.40. The maximum absolute atomic E-state index is 11.1. The summed E-state index contributed by atoms with van der Waals surface area (Å²) < 4.78 is 23.3. The second kappa shape index (κ2) is 4.21. The topological polar surface area (TPSA) is 59.9 Å². The van der Waals surface area contributed by atoms with Crippen molar-refractivity contribution in [1.29, 1.82) is 0 Å². The van der Waals surface area contributed by atoms with Crippen LogP contribution in [0.4, 0.5) is 0 Å². The van der Waals surface area contributed by atoms with Crippen LogP contribution < -0.4 is 0 Å². The summed E-state index contributed by atoms with van der Waals surface area (Å²) in [4.78, 5) is 8.31. The van der Waals surface area contributed by atoms with Gasteiger partial charge in [0, 0.05) is 10.7 Å². The summed E-state index contributed by atoms with van der Waals surface area (Å²) in [6.45, 7) is 0. The lowest BCUT2D eigenvalue weighted by Crippen LogP contribution is -1.93. The molecule has 0 N–H and O–H groups in total. The highest BCUT2D eigenvalue weighted by Gasteiger charge is 2.12. The predicted molar refractivity (Wildman–Crippen MR) is 68.0 cm³/mol. The van der Waals surface area contributed by atoms with Gasteiger partial charge in [-0.15, -0.1) is 0 Å². The van der Waals surface area contributed by atoms with Gasteiger partial charge in [-0.2, -0.15) is 0 Å². The first-order chi connectivity index (χ1) is 7.38. The van der Waals surface area contributed by atoms with Gasteiger partial charge in [-0.3, -0.25) is 0 Å². The normalized spacial score (nSPS) is 11.9. The molecule has 0 saturated carbocycles. The molecule has 8 heteroatoms. The van der Waals surface area contributed by atoms with Gasteiger partial charge in [-0.05, 0) is 50.1 Å². The van der Waals surface area contributed by atoms with Crippen molar-refractivity contribution in [2.24, 2.45) is 0 Å². The van der Waals surface area contributed by atoms with Gasteiger partial charge in [-0.1, -0.05) is 0 Å². The zero-order valence-corrected chi connectivity index (χ0v) is 12.2. The summed E-state index contributed by atoms with van der Waals surface area (Å²) in [7, 11) is 1.49. The second-order valence-electron chi connectivity index (χ2n) is 2.89. The van der Waals surface area contributed by atoms with E-state index in [9.17, 15) is 8.42 Å². The molecule has 1 aromatic heterocycles. The fraction of sp³-hybridized carbons (Fsp3) is 0. The minimum absolute atomic E-state index is 0.00480. The van der Waals surface area contributed by atoms with Crippen molar-refractivity contribution in [3.8, 4) is 0 Å². The van der Waals surface area contributed by atoms with Crippen molar-refractivity contribution < 1.29 is 8.42 Å². The molecule has 0 bridgehead atoms. The Balaban J connectivity index is 2.77. The number of nitrogens with zero attached hydrogens (tertiary/aromatic N) is 2. The van der Waals surface area contributed by atoms with E-state index < -0.39 is 9.05 Å². The fourth-order valence-electron chi connectivity index (χ4n) is 1.14. The highest BCUT2D eigenvalue weighted by molar-refractivity contribution is 9.13. The number of benzene rings is 1. The van der Waals surface area contributed by atoms with Gasteiger partial charge >= 0.3 is 0 Å². The molecule has 2 rings (SSSR count). The van der Waals surface area contributed by atoms with E-state index in [2.05, 4.69) is 41.8 Å². The molecule has 0 amide bonds. The van der Waals surface area contributed by atoms with Gasteiger partial charge < -0.3 is 0 Å². The third-order valence-corrected chi connectivity index (χ3v) is 4.83. The van der Waals surface area contributed by atoms with Crippen LogP contribution in [0.1, 0.15) is 0 Å². The molecule has 0 aliphatic carbocycles. The maximum Gasteiger partial charge on any atom is 0.261 e. The van der Waals surface area contributed by atoms with Gasteiger partial charge in [0.25, 0.3) is 9.05 Å². The molecule has 1 aromatic carbocycles. The Kier molecular flexibility index (Phi) is 3.22. The molecule has 0 aliphatic rings. The fourth-order valence-corrected chi connectivity index (χ4v) is 2.47. The monoisotopic (exact) mass is 384 g/mol. The van der Waals surface area contributed by atoms with Crippen molar-refractivity contribution in [2.75, 3.05) is 0 Å². The SMILES string of the molecule is O=S(=O)(Cl)c1ccc2nc(Br)c(Br)nc2c1. The van der Waals surface area contributed by atoms with Crippen LogP contribution in [0.15, 0.2) is 32.3 Å². The Labute approximate surface area is 113 Å². The average molecular weight is 386 g/mol. The standard InChI is InChI=1S/C8H3Br2ClN2O2S/c9-7-8(10)13-6-3-4(16(11,14)15)1-2-5(6)12-7/h1-3H. The number of hydrogen-bond acceptors (Lipinski definition) is 4. The summed E-state index contributed by atoms with van der Waals surface area (Å²) in [5, 5.41) is 0. The van der Waals surface area contributed by atoms with E-state index in [-0.39, 0.29) is 4.90 Å². The molecule has 0 atom stereocenters. The summed E-state index contributed by atoms with van der Waals surface area (Å²) in [5.74, 6) is 0. The van der Waals surface area contributed by atoms with Crippen molar-refractivity contribution in [1.82, 2.24) is 9.97 Å². The van der Waals surface area contributed by atoms with Crippen LogP contribution in [0.5, 0.6) is 0 Å². The van der Waals surface area contributed by atoms with E-state index in [1.54, 1.807) is 6.07 Å². The van der Waals surface area contributed by atoms with Gasteiger partial charge in [0.05, 0.1) is 15.9 Å². The minimum atomic E-state index is -3.74. The highest BCUT2D eigenvalue weighted by Crippen LogP contribution is 2.24. The molecule has 2 aromatic rings. The Hall–Kier alpha value is -0.240. The van der Waals surface area contributed by atoms with E-state index in [0.29, 0.717) is 20.2 Å². The molecular formula is C8H3Br2ClN2O2S. The van der Waals surface area contributed by atoms with Crippen LogP contribution in [-0.4, -0.2) is 18.4 Å². The van der Waals surface area contributed by atoms with Crippen LogP contribution in [0.3, 0.4) is 0 Å². The first-order valence-corrected chi connectivity index (χ1v) is 7.85. The van der Waals surface area contributed by atoms with Crippen LogP contribution in [-0.2, 0) is 9.05 Å². The Morgan fingerprint density at radius 1 is 1.06 bits per heavy atom. The summed E-state index contributed by atoms with van der Waals surface area (Å²) in [5.41, 5.74) is 1.04. The van der Waals surface area contributed by atoms with Crippen LogP contribution >= 0.6 is 42.5 Å². The maximum atomic E-state index is 11.1. The highest BCUT2D eigenvalue weighted by atomic mass is 79.9. The van der Waals surface area contributed by atoms with Crippen LogP contribution in [0.25, 0.3) is 11.0 Å². The van der Waals surface area contributed by atoms with Gasteiger partial charge in [0.15, 0.2) is 0 Å². The minimum Gasteiger partial charge on any atom is -0.236 e. The van der Waals surface area contributed by atoms with Gasteiger partial charge in [0.2, 0.25) is 0 Å². The van der Waals surface area contributed by atoms with Gasteiger partial charge in [0.1, 0.15) is 9.21 Å². The van der Waals surface area contributed by atoms with Crippen LogP contribution in [0.2, 0.25) is 0 Å². The molecule has 0 aliphatic heterocycles. The molecule has 84 valence electrons. The molecule has 1 heterocycles. The largest absolute Gasteiger partial charge is 0.261 e. The van der Waals surface area contributed by atoms with E-state index in [1.807, 2.05) is 0 Å². The van der Waals surface area contributed by atoms with E-state index >= 15 is 0 Å². The lowest BCUT2D eigenvalue weighted by molar-refractivity contribution is 0.609. The summed E-state index contributed by atoms with van der Waals surface area (Å²) in [6, 6.07) is 4.32. The quantitative estimate of drug-likeness (QED) is 0.707.